The topological polar surface area (TPSA) is 120 Å². The number of hydrogen-bond acceptors (Lipinski definition) is 5. The van der Waals surface area contributed by atoms with Gasteiger partial charge in [0.05, 0.1) is 5.69 Å². The van der Waals surface area contributed by atoms with Crippen LogP contribution in [0.15, 0.2) is 39.3 Å². The van der Waals surface area contributed by atoms with E-state index in [1.54, 1.807) is 18.2 Å². The fraction of sp³-hybridized carbons (Fsp3) is 0. The molecule has 0 radical (unpaired) electrons. The first-order valence-corrected chi connectivity index (χ1v) is 6.82. The normalized spacial score (nSPS) is 10.0. The molecule has 3 N–H and O–H groups in total. The summed E-state index contributed by atoms with van der Waals surface area (Å²) < 4.78 is 23.1. The average Bonchev–Trinajstić information content (AvgIpc) is 2.28. The zero-order chi connectivity index (χ0) is 13.8. The van der Waals surface area contributed by atoms with E-state index in [9.17, 15) is 8.42 Å². The van der Waals surface area contributed by atoms with Gasteiger partial charge >= 0.3 is 0 Å². The number of sulfonamides is 1. The minimum absolute atomic E-state index is 0.142. The third kappa shape index (κ3) is 3.31. The number of nitrogens with zero attached hydrogens (tertiary/aromatic N) is 2. The number of nitrogens with one attached hydrogen (secondary N) is 1. The van der Waals surface area contributed by atoms with Crippen LogP contribution in [-0.4, -0.2) is 8.42 Å². The largest absolute Gasteiger partial charge is 0.359 e. The lowest BCUT2D eigenvalue weighted by Gasteiger charge is -2.09. The second kappa shape index (κ2) is 5.65. The molecular weight excluding hydrogens is 320 g/mol. The molecule has 0 amide bonds. The molecule has 1 aromatic carbocycles. The van der Waals surface area contributed by atoms with Crippen molar-refractivity contribution in [1.29, 1.82) is 10.5 Å². The molecule has 0 aliphatic carbocycles. The number of anilines is 1. The number of rotatable bonds is 3. The first kappa shape index (κ1) is 14.2. The lowest BCUT2D eigenvalue weighted by Crippen LogP contribution is -2.14. The Hall–Kier alpha value is -1.87. The molecule has 8 heteroatoms. The summed E-state index contributed by atoms with van der Waals surface area (Å²) in [7, 11) is -3.93. The summed E-state index contributed by atoms with van der Waals surface area (Å²) >= 11 is 3.07. The van der Waals surface area contributed by atoms with Gasteiger partial charge in [-0.05, 0) is 28.1 Å². The lowest BCUT2D eigenvalue weighted by atomic mass is 10.3. The Morgan fingerprint density at radius 2 is 2.00 bits per heavy atom. The molecular formula is C10H7BrN4O2S. The van der Waals surface area contributed by atoms with Gasteiger partial charge < -0.3 is 5.32 Å². The molecule has 1 rings (SSSR count). The molecule has 0 aliphatic rings. The van der Waals surface area contributed by atoms with Gasteiger partial charge in [-0.25, -0.2) is 13.6 Å². The zero-order valence-electron chi connectivity index (χ0n) is 8.88. The van der Waals surface area contributed by atoms with E-state index in [2.05, 4.69) is 21.2 Å². The molecule has 1 aromatic rings. The summed E-state index contributed by atoms with van der Waals surface area (Å²) in [5.74, 6) is 0. The van der Waals surface area contributed by atoms with Crippen LogP contribution in [0.2, 0.25) is 0 Å². The SMILES string of the molecule is N#CC(C#N)=CNc1cccc(Br)c1S(N)(=O)=O. The van der Waals surface area contributed by atoms with E-state index in [1.807, 2.05) is 0 Å². The second-order valence-electron chi connectivity index (χ2n) is 3.09. The number of halogens is 1. The maximum absolute atomic E-state index is 11.4. The highest BCUT2D eigenvalue weighted by molar-refractivity contribution is 9.10. The number of primary sulfonamides is 1. The monoisotopic (exact) mass is 326 g/mol. The van der Waals surface area contributed by atoms with Crippen LogP contribution in [0.4, 0.5) is 5.69 Å². The molecule has 6 nitrogen and oxygen atoms in total. The highest BCUT2D eigenvalue weighted by atomic mass is 79.9. The first-order chi connectivity index (χ1) is 8.40. The van der Waals surface area contributed by atoms with Crippen LogP contribution in [0, 0.1) is 22.7 Å². The predicted molar refractivity (Wildman–Crippen MR) is 68.4 cm³/mol. The minimum Gasteiger partial charge on any atom is -0.359 e. The Balaban J connectivity index is 3.29. The Bertz CT molecular complexity index is 667. The predicted octanol–water partition coefficient (Wildman–Crippen LogP) is 1.44. The maximum Gasteiger partial charge on any atom is 0.241 e. The molecule has 0 aromatic heterocycles. The van der Waals surface area contributed by atoms with Crippen molar-refractivity contribution in [3.05, 3.63) is 34.4 Å². The van der Waals surface area contributed by atoms with Gasteiger partial charge in [0.25, 0.3) is 0 Å². The fourth-order valence-electron chi connectivity index (χ4n) is 1.15. The number of allylic oxidation sites excluding steroid dienone is 1. The Labute approximate surface area is 113 Å². The van der Waals surface area contributed by atoms with E-state index in [0.29, 0.717) is 4.47 Å². The highest BCUT2D eigenvalue weighted by Crippen LogP contribution is 2.28. The van der Waals surface area contributed by atoms with E-state index in [0.717, 1.165) is 6.20 Å². The fourth-order valence-corrected chi connectivity index (χ4v) is 2.97. The Morgan fingerprint density at radius 1 is 1.39 bits per heavy atom. The van der Waals surface area contributed by atoms with Gasteiger partial charge in [0, 0.05) is 10.7 Å². The first-order valence-electron chi connectivity index (χ1n) is 4.48. The minimum atomic E-state index is -3.93. The van der Waals surface area contributed by atoms with Crippen LogP contribution in [0.1, 0.15) is 0 Å². The molecule has 0 bridgehead atoms. The van der Waals surface area contributed by atoms with Crippen molar-refractivity contribution in [1.82, 2.24) is 0 Å². The van der Waals surface area contributed by atoms with Crippen LogP contribution in [0.5, 0.6) is 0 Å². The van der Waals surface area contributed by atoms with E-state index < -0.39 is 10.0 Å². The molecule has 0 unspecified atom stereocenters. The number of benzene rings is 1. The van der Waals surface area contributed by atoms with Crippen LogP contribution in [-0.2, 0) is 10.0 Å². The molecule has 0 fully saturated rings. The molecule has 0 saturated heterocycles. The second-order valence-corrected chi connectivity index (χ2v) is 5.44. The van der Waals surface area contributed by atoms with Gasteiger partial charge in [-0.3, -0.25) is 0 Å². The van der Waals surface area contributed by atoms with Gasteiger partial charge in [0.2, 0.25) is 10.0 Å². The number of hydrogen-bond donors (Lipinski definition) is 2. The van der Waals surface area contributed by atoms with Crippen molar-refractivity contribution in [3.63, 3.8) is 0 Å². The van der Waals surface area contributed by atoms with Gasteiger partial charge in [-0.2, -0.15) is 10.5 Å². The zero-order valence-corrected chi connectivity index (χ0v) is 11.3. The van der Waals surface area contributed by atoms with Crippen molar-refractivity contribution in [2.45, 2.75) is 4.90 Å². The molecule has 0 heterocycles. The third-order valence-electron chi connectivity index (χ3n) is 1.86. The molecule has 0 atom stereocenters. The quantitative estimate of drug-likeness (QED) is 0.814. The van der Waals surface area contributed by atoms with E-state index >= 15 is 0 Å². The van der Waals surface area contributed by atoms with Crippen molar-refractivity contribution < 1.29 is 8.42 Å². The summed E-state index contributed by atoms with van der Waals surface area (Å²) in [6.07, 6.45) is 1.11. The van der Waals surface area contributed by atoms with E-state index in [1.165, 1.54) is 12.1 Å². The van der Waals surface area contributed by atoms with Crippen LogP contribution < -0.4 is 10.5 Å². The Morgan fingerprint density at radius 3 is 2.50 bits per heavy atom. The van der Waals surface area contributed by atoms with Crippen molar-refractivity contribution in [2.24, 2.45) is 5.14 Å². The third-order valence-corrected chi connectivity index (χ3v) is 3.80. The van der Waals surface area contributed by atoms with Crippen molar-refractivity contribution in [2.75, 3.05) is 5.32 Å². The molecule has 0 aliphatic heterocycles. The molecule has 0 saturated carbocycles. The van der Waals surface area contributed by atoms with Gasteiger partial charge in [0.15, 0.2) is 0 Å². The van der Waals surface area contributed by atoms with Crippen molar-refractivity contribution in [3.8, 4) is 12.1 Å². The summed E-state index contributed by atoms with van der Waals surface area (Å²) in [4.78, 5) is -0.142. The van der Waals surface area contributed by atoms with Gasteiger partial charge in [0.1, 0.15) is 22.6 Å². The van der Waals surface area contributed by atoms with Gasteiger partial charge in [-0.1, -0.05) is 6.07 Å². The van der Waals surface area contributed by atoms with Crippen LogP contribution in [0.3, 0.4) is 0 Å². The van der Waals surface area contributed by atoms with E-state index in [4.69, 9.17) is 15.7 Å². The average molecular weight is 327 g/mol. The molecule has 92 valence electrons. The summed E-state index contributed by atoms with van der Waals surface area (Å²) in [6, 6.07) is 7.85. The van der Waals surface area contributed by atoms with Crippen molar-refractivity contribution >= 4 is 31.6 Å². The summed E-state index contributed by atoms with van der Waals surface area (Å²) in [6.45, 7) is 0. The maximum atomic E-state index is 11.4. The number of nitriles is 2. The number of nitrogens with two attached hydrogens (primary N) is 1. The highest BCUT2D eigenvalue weighted by Gasteiger charge is 2.17. The summed E-state index contributed by atoms with van der Waals surface area (Å²) in [5, 5.41) is 24.8. The smallest absolute Gasteiger partial charge is 0.241 e. The molecule has 0 spiro atoms. The lowest BCUT2D eigenvalue weighted by molar-refractivity contribution is 0.597. The van der Waals surface area contributed by atoms with Crippen LogP contribution in [0.25, 0.3) is 0 Å². The summed E-state index contributed by atoms with van der Waals surface area (Å²) in [5.41, 5.74) is -0.00906. The van der Waals surface area contributed by atoms with E-state index in [-0.39, 0.29) is 16.2 Å². The Kier molecular flexibility index (Phi) is 4.45. The van der Waals surface area contributed by atoms with Crippen LogP contribution >= 0.6 is 15.9 Å². The standard InChI is InChI=1S/C10H7BrN4O2S/c11-8-2-1-3-9(10(8)18(14,16)17)15-6-7(4-12)5-13/h1-3,6,15H,(H2,14,16,17). The van der Waals surface area contributed by atoms with Gasteiger partial charge in [-0.15, -0.1) is 0 Å². The molecule has 18 heavy (non-hydrogen) atoms.